The number of esters is 1. The number of benzene rings is 1. The van der Waals surface area contributed by atoms with E-state index in [2.05, 4.69) is 43.8 Å². The Bertz CT molecular complexity index is 4640. The summed E-state index contributed by atoms with van der Waals surface area (Å²) in [7, 11) is 1.54. The summed E-state index contributed by atoms with van der Waals surface area (Å²) >= 11 is 1.31. The van der Waals surface area contributed by atoms with Gasteiger partial charge in [0.25, 0.3) is 17.7 Å². The fourth-order valence-electron chi connectivity index (χ4n) is 13.6. The second-order valence-electron chi connectivity index (χ2n) is 30.0. The van der Waals surface area contributed by atoms with Crippen molar-refractivity contribution in [3.63, 3.8) is 0 Å². The summed E-state index contributed by atoms with van der Waals surface area (Å²) in [5, 5.41) is 16.2. The van der Waals surface area contributed by atoms with Crippen LogP contribution >= 0.6 is 11.8 Å². The maximum absolute atomic E-state index is 13.6. The Labute approximate surface area is 710 Å². The molecule has 40 heteroatoms. The Balaban J connectivity index is 0.701. The lowest BCUT2D eigenvalue weighted by Gasteiger charge is -2.30. The molecule has 38 nitrogen and oxygen atoms in total. The Morgan fingerprint density at radius 2 is 1.25 bits per heavy atom. The van der Waals surface area contributed by atoms with E-state index in [1.54, 1.807) is 74.0 Å². The van der Waals surface area contributed by atoms with E-state index in [0.29, 0.717) is 58.7 Å². The first-order valence-electron chi connectivity index (χ1n) is 40.1. The molecule has 10 amide bonds. The molecule has 6 heterocycles. The molecule has 0 radical (unpaired) electrons. The highest BCUT2D eigenvalue weighted by Gasteiger charge is 2.44. The van der Waals surface area contributed by atoms with Crippen LogP contribution in [0.5, 0.6) is 5.75 Å². The molecular weight excluding hydrogens is 1630 g/mol. The number of aromatic nitrogens is 3. The van der Waals surface area contributed by atoms with Gasteiger partial charge in [-0.05, 0) is 106 Å². The van der Waals surface area contributed by atoms with Crippen molar-refractivity contribution in [2.24, 2.45) is 27.1 Å². The Morgan fingerprint density at radius 1 is 0.607 bits per heavy atom. The Morgan fingerprint density at radius 3 is 1.94 bits per heavy atom. The van der Waals surface area contributed by atoms with Crippen LogP contribution in [0.3, 0.4) is 0 Å². The number of nitrogens with one attached hydrogen (secondary N) is 7. The number of ether oxygens (including phenoxy) is 6. The van der Waals surface area contributed by atoms with Gasteiger partial charge in [-0.15, -0.1) is 0 Å². The van der Waals surface area contributed by atoms with Gasteiger partial charge in [0.15, 0.2) is 17.3 Å². The SMILES string of the molecule is C=C1C[C@H]2C(S(=O)(=O)[O-])Cc3cc(OCCCC(=O)Nc4cc(C(=O)Cc5cc(C(=O)Nc6cc(C(=O)NCCCOC(=O)[C@H](C)NC(=O)CCNC(=O)OCC(CC(=O)CNC(=O)CCC(=O)CNC(=O)CCC(=O)CCOCCOCCCC(=O)CCN7C(=O)CC(SC)C7=O)C(=O)CCCOC)n(C)c6)n(C)c5)n(C)c4)c(C)cc3C(=O)N2C1. The van der Waals surface area contributed by atoms with E-state index in [9.17, 15) is 94.5 Å². The third-order valence-corrected chi connectivity index (χ3v) is 22.4. The molecule has 0 spiro atoms. The molecule has 666 valence electrons. The molecule has 5 atom stereocenters. The molecule has 122 heavy (non-hydrogen) atoms. The normalized spacial score (nSPS) is 15.4. The molecular formula is C82H109N12O26S2-. The number of rotatable bonds is 55. The van der Waals surface area contributed by atoms with E-state index >= 15 is 0 Å². The highest BCUT2D eigenvalue weighted by atomic mass is 32.2. The summed E-state index contributed by atoms with van der Waals surface area (Å²) in [6, 6.07) is 5.84. The number of Topliss-reactive ketones (excluding diaryl/α,β-unsaturated/α-hetero) is 6. The van der Waals surface area contributed by atoms with Crippen LogP contribution in [0.2, 0.25) is 0 Å². The second-order valence-corrected chi connectivity index (χ2v) is 32.6. The summed E-state index contributed by atoms with van der Waals surface area (Å²) in [5.41, 5.74) is 3.83. The molecule has 2 fully saturated rings. The van der Waals surface area contributed by atoms with Gasteiger partial charge in [-0.3, -0.25) is 76.8 Å². The number of thioether (sulfide) groups is 1. The molecule has 1 aromatic carbocycles. The minimum atomic E-state index is -4.78. The number of carbonyl (C=O) groups excluding carboxylic acids is 17. The van der Waals surface area contributed by atoms with Gasteiger partial charge in [0.2, 0.25) is 35.4 Å². The quantitative estimate of drug-likeness (QED) is 0.00833. The fraction of sp³-hybridized carbons (Fsp3) is 0.549. The number of amides is 10. The number of anilines is 2. The standard InChI is InChI=1S/C82H110N12O26S2/c1-50-33-64-71(122(112,113)114)39-54-38-69(51(2)34-62(54)79(108)94(64)45-50)118-28-11-15-74(103)88-56-40-63(91(5)47-56)68(100)36-53-35-65(90(4)46-53)78(107)89-57-41-66(92(6)48-57)77(106)83-23-12-29-119-81(110)52(3)87-75(104)20-24-84-82(111)120-49-55(67(99)14-10-26-115-7)37-61(98)44-86-73(102)19-17-60(97)43-85-72(101)18-16-59(96)22-30-117-32-31-116-27-9-13-58(95)21-25-93-76(105)42-70(121-8)80(93)109/h34-35,38,40-41,46-48,52,55,64,70-71H,1,9-33,36-37,39,42-45,49H2,2-8H3,(H,83,106)(H,84,111)(H,85,101)(H,86,102)(H,87,104)(H,88,103)(H,89,107)(H,112,113,114)/p-1/t52-,55?,64-,70?,71?/m0/s1. The number of fused-ring (bicyclic) bond motifs is 2. The molecule has 0 saturated carbocycles. The lowest BCUT2D eigenvalue weighted by atomic mass is 9.95. The van der Waals surface area contributed by atoms with Gasteiger partial charge in [-0.25, -0.2) is 18.0 Å². The molecule has 0 aliphatic carbocycles. The largest absolute Gasteiger partial charge is 0.748 e. The van der Waals surface area contributed by atoms with Gasteiger partial charge < -0.3 is 88.8 Å². The minimum Gasteiger partial charge on any atom is -0.748 e. The number of likely N-dealkylation sites (tertiary alicyclic amines) is 1. The van der Waals surface area contributed by atoms with Gasteiger partial charge in [-0.1, -0.05) is 12.2 Å². The maximum Gasteiger partial charge on any atom is 0.407 e. The summed E-state index contributed by atoms with van der Waals surface area (Å²) in [4.78, 5) is 220. The van der Waals surface area contributed by atoms with Crippen molar-refractivity contribution in [1.29, 1.82) is 0 Å². The van der Waals surface area contributed by atoms with Crippen molar-refractivity contribution < 1.29 is 123 Å². The van der Waals surface area contributed by atoms with Gasteiger partial charge >= 0.3 is 12.1 Å². The topological polar surface area (TPSA) is 508 Å². The van der Waals surface area contributed by atoms with Crippen molar-refractivity contribution in [3.05, 3.63) is 100 Å². The van der Waals surface area contributed by atoms with E-state index in [-0.39, 0.29) is 232 Å². The van der Waals surface area contributed by atoms with Crippen molar-refractivity contribution in [2.75, 3.05) is 116 Å². The summed E-state index contributed by atoms with van der Waals surface area (Å²) < 4.78 is 74.2. The van der Waals surface area contributed by atoms with Crippen molar-refractivity contribution >= 4 is 133 Å². The number of carbonyl (C=O) groups is 17. The molecule has 4 aromatic rings. The first kappa shape index (κ1) is 98.0. The van der Waals surface area contributed by atoms with Gasteiger partial charge in [0.05, 0.1) is 95.8 Å². The predicted octanol–water partition coefficient (Wildman–Crippen LogP) is 3.17. The number of aryl methyl sites for hydroxylation is 4. The summed E-state index contributed by atoms with van der Waals surface area (Å²) in [6.07, 6.45) is 5.55. The number of methoxy groups -OCH3 is 1. The molecule has 7 rings (SSSR count). The van der Waals surface area contributed by atoms with E-state index in [0.717, 1.165) is 4.90 Å². The first-order valence-corrected chi connectivity index (χ1v) is 42.9. The highest BCUT2D eigenvalue weighted by molar-refractivity contribution is 8.00. The van der Waals surface area contributed by atoms with Crippen LogP contribution in [0.1, 0.15) is 175 Å². The van der Waals surface area contributed by atoms with Crippen LogP contribution in [-0.4, -0.2) is 264 Å². The Hall–Kier alpha value is -11.1. The molecule has 3 unspecified atom stereocenters. The van der Waals surface area contributed by atoms with Crippen LogP contribution in [0.4, 0.5) is 16.2 Å². The maximum atomic E-state index is 13.6. The molecule has 3 aliphatic rings. The van der Waals surface area contributed by atoms with E-state index in [1.165, 1.54) is 53.6 Å². The average Bonchev–Trinajstić information content (AvgIpc) is 1.61. The zero-order chi connectivity index (χ0) is 89.3. The van der Waals surface area contributed by atoms with Crippen LogP contribution < -0.4 is 42.0 Å². The number of hydrogen-bond acceptors (Lipinski definition) is 27. The van der Waals surface area contributed by atoms with Crippen molar-refractivity contribution in [3.8, 4) is 5.75 Å². The van der Waals surface area contributed by atoms with Gasteiger partial charge in [0, 0.05) is 175 Å². The number of imide groups is 1. The summed E-state index contributed by atoms with van der Waals surface area (Å²) in [6.45, 7) is 6.61. The summed E-state index contributed by atoms with van der Waals surface area (Å²) in [5.74, 6) is -7.82. The van der Waals surface area contributed by atoms with E-state index < -0.39 is 124 Å². The number of ketones is 6. The number of hydrogen-bond donors (Lipinski definition) is 7. The highest BCUT2D eigenvalue weighted by Crippen LogP contribution is 2.37. The molecule has 2 saturated heterocycles. The average molecular weight is 1740 g/mol. The van der Waals surface area contributed by atoms with Crippen molar-refractivity contribution in [2.45, 2.75) is 158 Å². The minimum absolute atomic E-state index is 0.0252. The third kappa shape index (κ3) is 31.4. The van der Waals surface area contributed by atoms with Gasteiger partial charge in [-0.2, -0.15) is 11.8 Å². The lowest BCUT2D eigenvalue weighted by molar-refractivity contribution is -0.147. The zero-order valence-electron chi connectivity index (χ0n) is 69.7. The van der Waals surface area contributed by atoms with E-state index in [4.69, 9.17) is 28.4 Å². The first-order chi connectivity index (χ1) is 58.0. The van der Waals surface area contributed by atoms with Crippen LogP contribution in [0.25, 0.3) is 0 Å². The number of nitrogens with zero attached hydrogens (tertiary/aromatic N) is 5. The zero-order valence-corrected chi connectivity index (χ0v) is 71.3. The van der Waals surface area contributed by atoms with Crippen molar-refractivity contribution in [1.82, 2.24) is 50.1 Å². The molecule has 3 aliphatic heterocycles. The molecule has 7 N–H and O–H groups in total. The van der Waals surface area contributed by atoms with Crippen LogP contribution in [0, 0.1) is 12.8 Å². The molecule has 3 aromatic heterocycles. The molecule has 0 bridgehead atoms. The number of alkyl carbamates (subject to hydrolysis) is 1. The van der Waals surface area contributed by atoms with Crippen LogP contribution in [-0.2, 0) is 125 Å². The third-order valence-electron chi connectivity index (χ3n) is 20.2. The second kappa shape index (κ2) is 48.5. The predicted molar refractivity (Wildman–Crippen MR) is 440 cm³/mol. The fourth-order valence-corrected chi connectivity index (χ4v) is 15.3. The monoisotopic (exact) mass is 1740 g/mol. The van der Waals surface area contributed by atoms with E-state index in [1.807, 2.05) is 0 Å². The lowest BCUT2D eigenvalue weighted by Crippen LogP contribution is -2.44. The Kier molecular flexibility index (Phi) is 39.0. The van der Waals surface area contributed by atoms with Gasteiger partial charge in [0.1, 0.15) is 47.1 Å². The van der Waals surface area contributed by atoms with Crippen LogP contribution in [0.15, 0.2) is 61.1 Å². The smallest absolute Gasteiger partial charge is 0.407 e.